The van der Waals surface area contributed by atoms with E-state index in [2.05, 4.69) is 55.3 Å². The molecule has 0 bridgehead atoms. The topological polar surface area (TPSA) is 78.9 Å². The maximum atomic E-state index is 13.5. The van der Waals surface area contributed by atoms with Gasteiger partial charge in [-0.3, -0.25) is 0 Å². The monoisotopic (exact) mass is 644 g/mol. The van der Waals surface area contributed by atoms with Crippen LogP contribution < -0.4 is 20.4 Å². The Morgan fingerprint density at radius 1 is 0.933 bits per heavy atom. The number of rotatable bonds is 9. The number of nitrogens with zero attached hydrogens (tertiary/aromatic N) is 1. The third-order valence-corrected chi connectivity index (χ3v) is 13.0. The molecule has 1 aromatic heterocycles. The summed E-state index contributed by atoms with van der Waals surface area (Å²) in [6.07, 6.45) is -7.03. The van der Waals surface area contributed by atoms with Crippen LogP contribution in [0, 0.1) is 0 Å². The fourth-order valence-corrected chi connectivity index (χ4v) is 10.6. The molecule has 2 aromatic carbocycles. The fraction of sp³-hybridized carbons (Fsp3) is 0.471. The van der Waals surface area contributed by atoms with Crippen LogP contribution in [0.1, 0.15) is 72.2 Å². The number of aromatic nitrogens is 1. The number of carbonyl (C=O) groups is 1. The molecule has 0 aliphatic carbocycles. The van der Waals surface area contributed by atoms with Gasteiger partial charge in [-0.15, -0.1) is 0 Å². The van der Waals surface area contributed by atoms with Crippen molar-refractivity contribution in [3.05, 3.63) is 84.1 Å². The lowest BCUT2D eigenvalue weighted by molar-refractivity contribution is -0.141. The van der Waals surface area contributed by atoms with E-state index in [0.717, 1.165) is 16.4 Å². The minimum atomic E-state index is -4.65. The van der Waals surface area contributed by atoms with E-state index >= 15 is 0 Å². The number of amides is 1. The molecule has 0 saturated heterocycles. The molecule has 2 heterocycles. The number of pyridine rings is 1. The number of alkyl halides is 3. The van der Waals surface area contributed by atoms with Crippen LogP contribution in [-0.4, -0.2) is 50.4 Å². The maximum absolute atomic E-state index is 13.5. The van der Waals surface area contributed by atoms with Crippen LogP contribution in [0.15, 0.2) is 72.8 Å². The Morgan fingerprint density at radius 2 is 1.49 bits per heavy atom. The third-order valence-electron chi connectivity index (χ3n) is 7.89. The highest BCUT2D eigenvalue weighted by Crippen LogP contribution is 2.42. The van der Waals surface area contributed by atoms with Crippen LogP contribution in [0.25, 0.3) is 0 Å². The number of benzene rings is 2. The molecule has 0 radical (unpaired) electrons. The summed E-state index contributed by atoms with van der Waals surface area (Å²) in [5.74, 6) is -0.189. The summed E-state index contributed by atoms with van der Waals surface area (Å²) in [6.45, 7) is 13.6. The van der Waals surface area contributed by atoms with Gasteiger partial charge in [0.2, 0.25) is 5.88 Å². The van der Waals surface area contributed by atoms with Crippen LogP contribution in [0.5, 0.6) is 5.88 Å². The number of carbonyl (C=O) groups excluding carboxylic acids is 1. The van der Waals surface area contributed by atoms with Gasteiger partial charge < -0.3 is 24.0 Å². The van der Waals surface area contributed by atoms with Gasteiger partial charge in [-0.2, -0.15) is 13.2 Å². The second kappa shape index (κ2) is 13.1. The second-order valence-corrected chi connectivity index (χ2v) is 17.6. The highest BCUT2D eigenvalue weighted by atomic mass is 28.4. The zero-order valence-corrected chi connectivity index (χ0v) is 28.1. The van der Waals surface area contributed by atoms with E-state index in [9.17, 15) is 18.0 Å². The third kappa shape index (κ3) is 7.70. The van der Waals surface area contributed by atoms with Crippen LogP contribution in [0.3, 0.4) is 0 Å². The SMILES string of the molecule is CO[C@H](C[C@@H]1Oc2nc(C(F)(F)F)ccc2[C@@H]1NC(=O)OC(C)(C)C)[C@@H](C)O[Si](c1ccccc1)(c1ccccc1)C(C)(C)C. The normalized spacial score (nSPS) is 18.5. The van der Waals surface area contributed by atoms with Gasteiger partial charge in [-0.05, 0) is 55.2 Å². The van der Waals surface area contributed by atoms with E-state index in [1.807, 2.05) is 43.3 Å². The van der Waals surface area contributed by atoms with E-state index in [1.54, 1.807) is 27.9 Å². The molecule has 1 aliphatic rings. The first-order valence-electron chi connectivity index (χ1n) is 15.0. The first kappa shape index (κ1) is 34.5. The highest BCUT2D eigenvalue weighted by molar-refractivity contribution is 6.99. The van der Waals surface area contributed by atoms with Gasteiger partial charge in [0.25, 0.3) is 8.32 Å². The fourth-order valence-electron chi connectivity index (χ4n) is 5.90. The van der Waals surface area contributed by atoms with Gasteiger partial charge in [0.15, 0.2) is 0 Å². The molecule has 1 aliphatic heterocycles. The molecule has 4 rings (SSSR count). The summed E-state index contributed by atoms with van der Waals surface area (Å²) in [4.78, 5) is 16.6. The van der Waals surface area contributed by atoms with Crippen LogP contribution in [-0.2, 0) is 20.1 Å². The average molecular weight is 645 g/mol. The molecule has 3 aromatic rings. The summed E-state index contributed by atoms with van der Waals surface area (Å²) < 4.78 is 65.3. The highest BCUT2D eigenvalue weighted by Gasteiger charge is 2.52. The Balaban J connectivity index is 1.69. The Kier molecular flexibility index (Phi) is 10.1. The molecule has 4 atom stereocenters. The summed E-state index contributed by atoms with van der Waals surface area (Å²) in [6, 6.07) is 21.7. The molecule has 45 heavy (non-hydrogen) atoms. The summed E-state index contributed by atoms with van der Waals surface area (Å²) >= 11 is 0. The van der Waals surface area contributed by atoms with Crippen molar-refractivity contribution in [1.29, 1.82) is 0 Å². The smallest absolute Gasteiger partial charge is 0.433 e. The van der Waals surface area contributed by atoms with Crippen molar-refractivity contribution in [1.82, 2.24) is 10.3 Å². The minimum absolute atomic E-state index is 0.189. The van der Waals surface area contributed by atoms with Crippen molar-refractivity contribution in [2.75, 3.05) is 7.11 Å². The number of fused-ring (bicyclic) bond motifs is 1. The molecular weight excluding hydrogens is 601 g/mol. The number of ether oxygens (including phenoxy) is 3. The molecule has 1 N–H and O–H groups in total. The summed E-state index contributed by atoms with van der Waals surface area (Å²) in [5.41, 5.74) is -1.54. The van der Waals surface area contributed by atoms with Gasteiger partial charge >= 0.3 is 12.3 Å². The summed E-state index contributed by atoms with van der Waals surface area (Å²) in [7, 11) is -1.39. The predicted molar refractivity (Wildman–Crippen MR) is 169 cm³/mol. The Hall–Kier alpha value is -3.41. The number of halogens is 3. The van der Waals surface area contributed by atoms with Gasteiger partial charge in [0.1, 0.15) is 17.4 Å². The number of hydrogen-bond acceptors (Lipinski definition) is 6. The van der Waals surface area contributed by atoms with E-state index in [-0.39, 0.29) is 17.3 Å². The van der Waals surface area contributed by atoms with Crippen molar-refractivity contribution in [2.24, 2.45) is 0 Å². The largest absolute Gasteiger partial charge is 0.471 e. The van der Waals surface area contributed by atoms with Crippen molar-refractivity contribution >= 4 is 24.8 Å². The van der Waals surface area contributed by atoms with Gasteiger partial charge in [-0.25, -0.2) is 9.78 Å². The predicted octanol–water partition coefficient (Wildman–Crippen LogP) is 6.80. The standard InChI is InChI=1S/C34H43F3N2O5Si/c1-22(44-45(33(5,6)7,23-15-11-9-12-16-23)24-17-13-10-14-18-24)26(41-8)21-27-29(39-31(40)43-32(2,3)4)25-19-20-28(34(35,36)37)38-30(25)42-27/h9-20,22,26-27,29H,21H2,1-8H3,(H,39,40)/t22-,26-,27+,29+/m1/s1. The molecular formula is C34H43F3N2O5Si. The van der Waals surface area contributed by atoms with Gasteiger partial charge in [0, 0.05) is 19.1 Å². The van der Waals surface area contributed by atoms with Crippen molar-refractivity contribution in [3.8, 4) is 5.88 Å². The van der Waals surface area contributed by atoms with E-state index in [4.69, 9.17) is 18.6 Å². The lowest BCUT2D eigenvalue weighted by Crippen LogP contribution is -2.68. The minimum Gasteiger partial charge on any atom is -0.471 e. The number of methoxy groups -OCH3 is 1. The molecule has 0 unspecified atom stereocenters. The number of alkyl carbamates (subject to hydrolysis) is 1. The maximum Gasteiger partial charge on any atom is 0.433 e. The van der Waals surface area contributed by atoms with Gasteiger partial charge in [0.05, 0.1) is 18.2 Å². The van der Waals surface area contributed by atoms with Crippen molar-refractivity contribution in [3.63, 3.8) is 0 Å². The Morgan fingerprint density at radius 3 is 1.96 bits per heavy atom. The number of hydrogen-bond donors (Lipinski definition) is 1. The first-order chi connectivity index (χ1) is 21.0. The van der Waals surface area contributed by atoms with E-state index in [0.29, 0.717) is 5.56 Å². The zero-order valence-electron chi connectivity index (χ0n) is 27.1. The van der Waals surface area contributed by atoms with Crippen LogP contribution in [0.4, 0.5) is 18.0 Å². The lowest BCUT2D eigenvalue weighted by atomic mass is 9.98. The molecule has 0 fully saturated rings. The van der Waals surface area contributed by atoms with E-state index in [1.165, 1.54) is 6.07 Å². The zero-order chi connectivity index (χ0) is 33.2. The first-order valence-corrected chi connectivity index (χ1v) is 16.9. The lowest BCUT2D eigenvalue weighted by Gasteiger charge is -2.45. The number of nitrogens with one attached hydrogen (secondary N) is 1. The Bertz CT molecular complexity index is 1400. The molecule has 1 amide bonds. The van der Waals surface area contributed by atoms with Crippen molar-refractivity contribution in [2.45, 2.75) is 96.1 Å². The van der Waals surface area contributed by atoms with Crippen LogP contribution >= 0.6 is 0 Å². The molecule has 7 nitrogen and oxygen atoms in total. The van der Waals surface area contributed by atoms with E-state index < -0.39 is 56.2 Å². The van der Waals surface area contributed by atoms with Crippen LogP contribution in [0.2, 0.25) is 5.04 Å². The molecule has 244 valence electrons. The Labute approximate surface area is 264 Å². The molecule has 11 heteroatoms. The average Bonchev–Trinajstić information content (AvgIpc) is 3.29. The van der Waals surface area contributed by atoms with Crippen molar-refractivity contribution < 1.29 is 36.6 Å². The molecule has 0 spiro atoms. The second-order valence-electron chi connectivity index (χ2n) is 13.4. The quantitative estimate of drug-likeness (QED) is 0.258. The summed E-state index contributed by atoms with van der Waals surface area (Å²) in [5, 5.41) is 4.71. The molecule has 0 saturated carbocycles. The van der Waals surface area contributed by atoms with Gasteiger partial charge in [-0.1, -0.05) is 81.4 Å².